The van der Waals surface area contributed by atoms with Crippen molar-refractivity contribution in [2.24, 2.45) is 7.05 Å². The lowest BCUT2D eigenvalue weighted by atomic mass is 10.00. The highest BCUT2D eigenvalue weighted by molar-refractivity contribution is 5.85. The Balaban J connectivity index is 0.00000182. The Labute approximate surface area is 171 Å². The van der Waals surface area contributed by atoms with Gasteiger partial charge in [-0.15, -0.1) is 24.8 Å². The molecule has 1 atom stereocenters. The van der Waals surface area contributed by atoms with Gasteiger partial charge in [0.1, 0.15) is 0 Å². The van der Waals surface area contributed by atoms with Crippen LogP contribution in [0.3, 0.4) is 0 Å². The molecule has 9 heteroatoms. The summed E-state index contributed by atoms with van der Waals surface area (Å²) in [7, 11) is 3.71. The highest BCUT2D eigenvalue weighted by Gasteiger charge is 2.28. The van der Waals surface area contributed by atoms with E-state index in [4.69, 9.17) is 0 Å². The molecule has 2 aromatic rings. The van der Waals surface area contributed by atoms with Crippen LogP contribution in [0.4, 0.5) is 0 Å². The fraction of sp³-hybridized carbons (Fsp3) is 0.611. The molecule has 1 amide bonds. The van der Waals surface area contributed by atoms with Crippen molar-refractivity contribution in [2.45, 2.75) is 45.6 Å². The first-order valence-electron chi connectivity index (χ1n) is 8.93. The summed E-state index contributed by atoms with van der Waals surface area (Å²) in [6.07, 6.45) is 3.22. The molecule has 0 bridgehead atoms. The van der Waals surface area contributed by atoms with E-state index in [1.807, 2.05) is 25.8 Å². The van der Waals surface area contributed by atoms with Crippen molar-refractivity contribution >= 4 is 41.8 Å². The lowest BCUT2D eigenvalue weighted by Crippen LogP contribution is -2.40. The summed E-state index contributed by atoms with van der Waals surface area (Å²) >= 11 is 0. The third kappa shape index (κ3) is 4.47. The van der Waals surface area contributed by atoms with Crippen LogP contribution in [-0.2, 0) is 18.3 Å². The summed E-state index contributed by atoms with van der Waals surface area (Å²) in [5.41, 5.74) is 3.39. The van der Waals surface area contributed by atoms with Gasteiger partial charge in [0.25, 0.3) is 5.56 Å². The van der Waals surface area contributed by atoms with Crippen LogP contribution in [0.2, 0.25) is 0 Å². The van der Waals surface area contributed by atoms with E-state index in [-0.39, 0.29) is 36.3 Å². The topological polar surface area (TPSA) is 83.0 Å². The molecule has 152 valence electrons. The zero-order chi connectivity index (χ0) is 18.1. The fourth-order valence-corrected chi connectivity index (χ4v) is 4.00. The van der Waals surface area contributed by atoms with Crippen molar-refractivity contribution in [1.82, 2.24) is 25.0 Å². The Bertz CT molecular complexity index is 862. The number of aromatic nitrogens is 3. The van der Waals surface area contributed by atoms with Crippen LogP contribution < -0.4 is 10.9 Å². The maximum atomic E-state index is 12.7. The summed E-state index contributed by atoms with van der Waals surface area (Å²) in [6, 6.07) is 0.303. The van der Waals surface area contributed by atoms with Crippen LogP contribution in [0.5, 0.6) is 0 Å². The van der Waals surface area contributed by atoms with E-state index in [0.717, 1.165) is 42.8 Å². The number of hydrogen-bond donors (Lipinski definition) is 2. The van der Waals surface area contributed by atoms with Crippen LogP contribution in [0, 0.1) is 13.8 Å². The number of amides is 1. The number of aromatic amines is 1. The Morgan fingerprint density at radius 2 is 2.04 bits per heavy atom. The zero-order valence-corrected chi connectivity index (χ0v) is 17.9. The number of likely N-dealkylation sites (N-methyl/N-ethyl adjacent to an activating group) is 1. The van der Waals surface area contributed by atoms with E-state index < -0.39 is 0 Å². The molecule has 1 aliphatic rings. The van der Waals surface area contributed by atoms with E-state index in [1.165, 1.54) is 0 Å². The summed E-state index contributed by atoms with van der Waals surface area (Å²) < 4.78 is 1.65. The minimum Gasteiger partial charge on any atom is -0.338 e. The van der Waals surface area contributed by atoms with Gasteiger partial charge in [-0.3, -0.25) is 19.4 Å². The highest BCUT2D eigenvalue weighted by Crippen LogP contribution is 2.23. The molecule has 27 heavy (non-hydrogen) atoms. The normalized spacial score (nSPS) is 16.3. The third-order valence-electron chi connectivity index (χ3n) is 5.30. The molecule has 1 saturated heterocycles. The van der Waals surface area contributed by atoms with Crippen LogP contribution in [0.15, 0.2) is 4.79 Å². The largest absolute Gasteiger partial charge is 0.338 e. The highest BCUT2D eigenvalue weighted by atomic mass is 35.5. The second-order valence-corrected chi connectivity index (χ2v) is 6.94. The van der Waals surface area contributed by atoms with Gasteiger partial charge in [0.2, 0.25) is 5.91 Å². The molecule has 1 fully saturated rings. The number of carbonyl (C=O) groups excluding carboxylic acids is 1. The van der Waals surface area contributed by atoms with Crippen molar-refractivity contribution in [3.8, 4) is 0 Å². The molecule has 1 unspecified atom stereocenters. The quantitative estimate of drug-likeness (QED) is 0.777. The Kier molecular flexibility index (Phi) is 8.32. The predicted octanol–water partition coefficient (Wildman–Crippen LogP) is 1.87. The maximum absolute atomic E-state index is 12.7. The van der Waals surface area contributed by atoms with Crippen LogP contribution >= 0.6 is 24.8 Å². The number of nitrogens with one attached hydrogen (secondary N) is 2. The molecule has 3 rings (SSSR count). The van der Waals surface area contributed by atoms with Crippen LogP contribution in [-0.4, -0.2) is 51.8 Å². The second kappa shape index (κ2) is 9.57. The van der Waals surface area contributed by atoms with Gasteiger partial charge in [-0.1, -0.05) is 0 Å². The molecule has 7 nitrogen and oxygen atoms in total. The lowest BCUT2D eigenvalue weighted by molar-refractivity contribution is -0.131. The van der Waals surface area contributed by atoms with Gasteiger partial charge in [-0.25, -0.2) is 4.98 Å². The number of rotatable bonds is 5. The Morgan fingerprint density at radius 3 is 2.70 bits per heavy atom. The molecule has 0 saturated carbocycles. The van der Waals surface area contributed by atoms with Gasteiger partial charge in [-0.05, 0) is 51.3 Å². The molecule has 2 N–H and O–H groups in total. The van der Waals surface area contributed by atoms with Gasteiger partial charge >= 0.3 is 0 Å². The average Bonchev–Trinajstić information content (AvgIpc) is 3.12. The summed E-state index contributed by atoms with van der Waals surface area (Å²) in [5, 5.41) is 6.56. The fourth-order valence-electron chi connectivity index (χ4n) is 4.00. The lowest BCUT2D eigenvalue weighted by Gasteiger charge is -2.24. The van der Waals surface area contributed by atoms with Crippen molar-refractivity contribution in [3.05, 3.63) is 27.2 Å². The van der Waals surface area contributed by atoms with Gasteiger partial charge in [0, 0.05) is 38.3 Å². The van der Waals surface area contributed by atoms with Gasteiger partial charge in [0.05, 0.1) is 5.39 Å². The molecule has 0 spiro atoms. The van der Waals surface area contributed by atoms with Gasteiger partial charge in [0.15, 0.2) is 5.65 Å². The SMILES string of the molecule is CNCC1CCCN1C(=O)CCc1c(C)nc2c(c1C)c(=O)[nH]n2C.Cl.Cl. The number of nitrogens with zero attached hydrogens (tertiary/aromatic N) is 3. The van der Waals surface area contributed by atoms with Crippen molar-refractivity contribution < 1.29 is 4.79 Å². The van der Waals surface area contributed by atoms with Crippen molar-refractivity contribution in [1.29, 1.82) is 0 Å². The van der Waals surface area contributed by atoms with E-state index >= 15 is 0 Å². The number of hydrogen-bond acceptors (Lipinski definition) is 4. The van der Waals surface area contributed by atoms with Crippen molar-refractivity contribution in [2.75, 3.05) is 20.1 Å². The summed E-state index contributed by atoms with van der Waals surface area (Å²) in [5.74, 6) is 0.193. The van der Waals surface area contributed by atoms with Gasteiger partial charge < -0.3 is 10.2 Å². The first-order valence-corrected chi connectivity index (χ1v) is 8.93. The standard InChI is InChI=1S/C18H27N5O2.2ClH/c1-11-14(12(2)20-17-16(11)18(25)21-22(17)4)7-8-15(24)23-9-5-6-13(23)10-19-3;;/h13,19H,5-10H2,1-4H3,(H,21,25);2*1H. The zero-order valence-electron chi connectivity index (χ0n) is 16.3. The summed E-state index contributed by atoms with van der Waals surface area (Å²) in [6.45, 7) is 5.59. The molecule has 2 aromatic heterocycles. The molecule has 0 aromatic carbocycles. The van der Waals surface area contributed by atoms with Crippen LogP contribution in [0.1, 0.15) is 36.1 Å². The Hall–Kier alpha value is -1.57. The van der Waals surface area contributed by atoms with E-state index in [9.17, 15) is 9.59 Å². The summed E-state index contributed by atoms with van der Waals surface area (Å²) in [4.78, 5) is 31.4. The molecule has 1 aliphatic heterocycles. The van der Waals surface area contributed by atoms with Gasteiger partial charge in [-0.2, -0.15) is 0 Å². The van der Waals surface area contributed by atoms with E-state index in [1.54, 1.807) is 11.7 Å². The maximum Gasteiger partial charge on any atom is 0.273 e. The minimum absolute atomic E-state index is 0. The number of H-pyrrole nitrogens is 1. The molecule has 0 radical (unpaired) electrons. The number of fused-ring (bicyclic) bond motifs is 1. The smallest absolute Gasteiger partial charge is 0.273 e. The van der Waals surface area contributed by atoms with Crippen molar-refractivity contribution in [3.63, 3.8) is 0 Å². The molecule has 0 aliphatic carbocycles. The van der Waals surface area contributed by atoms with Crippen LogP contribution in [0.25, 0.3) is 11.0 Å². The van der Waals surface area contributed by atoms with E-state index in [0.29, 0.717) is 29.9 Å². The Morgan fingerprint density at radius 1 is 1.33 bits per heavy atom. The average molecular weight is 418 g/mol. The third-order valence-corrected chi connectivity index (χ3v) is 5.30. The number of aryl methyl sites for hydroxylation is 3. The molecular formula is C18H29Cl2N5O2. The second-order valence-electron chi connectivity index (χ2n) is 6.94. The number of halogens is 2. The molecule has 3 heterocycles. The number of pyridine rings is 1. The minimum atomic E-state index is -0.122. The number of likely N-dealkylation sites (tertiary alicyclic amines) is 1. The first-order chi connectivity index (χ1) is 11.9. The molecular weight excluding hydrogens is 389 g/mol. The number of carbonyl (C=O) groups is 1. The van der Waals surface area contributed by atoms with E-state index in [2.05, 4.69) is 15.4 Å². The predicted molar refractivity (Wildman–Crippen MR) is 112 cm³/mol. The monoisotopic (exact) mass is 417 g/mol. The first kappa shape index (κ1) is 23.5.